The van der Waals surface area contributed by atoms with Gasteiger partial charge in [0.15, 0.2) is 5.69 Å². The van der Waals surface area contributed by atoms with Crippen LogP contribution in [0.25, 0.3) is 0 Å². The van der Waals surface area contributed by atoms with Crippen molar-refractivity contribution < 1.29 is 4.79 Å². The Balaban J connectivity index is 1.67. The molecule has 0 bridgehead atoms. The van der Waals surface area contributed by atoms with Gasteiger partial charge in [0.1, 0.15) is 0 Å². The number of anilines is 1. The van der Waals surface area contributed by atoms with Crippen molar-refractivity contribution in [3.05, 3.63) is 40.2 Å². The number of nitrogens with one attached hydrogen (secondary N) is 1. The third kappa shape index (κ3) is 2.92. The monoisotopic (exact) mass is 353 g/mol. The van der Waals surface area contributed by atoms with E-state index >= 15 is 0 Å². The molecule has 0 aliphatic carbocycles. The maximum absolute atomic E-state index is 13.3. The molecule has 1 N–H and O–H groups in total. The summed E-state index contributed by atoms with van der Waals surface area (Å²) in [6.45, 7) is 8.92. The number of aryl methyl sites for hydroxylation is 2. The van der Waals surface area contributed by atoms with Gasteiger partial charge in [0, 0.05) is 12.2 Å². The van der Waals surface area contributed by atoms with Crippen molar-refractivity contribution in [3.63, 3.8) is 0 Å². The van der Waals surface area contributed by atoms with Crippen LogP contribution >= 0.6 is 0 Å². The highest BCUT2D eigenvalue weighted by Gasteiger charge is 2.29. The first-order chi connectivity index (χ1) is 12.6. The predicted molar refractivity (Wildman–Crippen MR) is 102 cm³/mol. The number of fused-ring (bicyclic) bond motifs is 1. The second-order valence-corrected chi connectivity index (χ2v) is 7.59. The van der Waals surface area contributed by atoms with Gasteiger partial charge in [-0.2, -0.15) is 0 Å². The SMILES string of the molecule is Cc1cc(C)c2c(c1)N(C(=O)c1nnn(C3CCNCC3)c1C)CCC2. The number of nitrogens with zero attached hydrogens (tertiary/aromatic N) is 4. The summed E-state index contributed by atoms with van der Waals surface area (Å²) in [6.07, 6.45) is 4.08. The molecule has 2 aliphatic heterocycles. The summed E-state index contributed by atoms with van der Waals surface area (Å²) in [5.74, 6) is -0.0198. The molecule has 2 aliphatic rings. The largest absolute Gasteiger partial charge is 0.317 e. The van der Waals surface area contributed by atoms with Gasteiger partial charge in [-0.15, -0.1) is 5.10 Å². The van der Waals surface area contributed by atoms with Crippen molar-refractivity contribution >= 4 is 11.6 Å². The van der Waals surface area contributed by atoms with Crippen LogP contribution in [0.1, 0.15) is 58.2 Å². The van der Waals surface area contributed by atoms with Crippen molar-refractivity contribution in [3.8, 4) is 0 Å². The number of benzene rings is 1. The van der Waals surface area contributed by atoms with Crippen LogP contribution in [-0.2, 0) is 6.42 Å². The molecule has 26 heavy (non-hydrogen) atoms. The lowest BCUT2D eigenvalue weighted by Crippen LogP contribution is -2.36. The zero-order valence-corrected chi connectivity index (χ0v) is 15.9. The Bertz CT molecular complexity index is 835. The van der Waals surface area contributed by atoms with Gasteiger partial charge < -0.3 is 10.2 Å². The molecule has 0 saturated carbocycles. The molecule has 6 nitrogen and oxygen atoms in total. The van der Waals surface area contributed by atoms with E-state index in [2.05, 4.69) is 41.6 Å². The molecule has 0 atom stereocenters. The number of carbonyl (C=O) groups is 1. The second kappa shape index (κ2) is 6.83. The Hall–Kier alpha value is -2.21. The highest BCUT2D eigenvalue weighted by molar-refractivity contribution is 6.06. The number of amides is 1. The van der Waals surface area contributed by atoms with Gasteiger partial charge >= 0.3 is 0 Å². The quantitative estimate of drug-likeness (QED) is 0.902. The summed E-state index contributed by atoms with van der Waals surface area (Å²) >= 11 is 0. The molecule has 0 radical (unpaired) electrons. The maximum Gasteiger partial charge on any atom is 0.280 e. The third-order valence-electron chi connectivity index (χ3n) is 5.72. The molecule has 1 aromatic heterocycles. The summed E-state index contributed by atoms with van der Waals surface area (Å²) < 4.78 is 1.96. The Morgan fingerprint density at radius 3 is 2.73 bits per heavy atom. The molecule has 6 heteroatoms. The van der Waals surface area contributed by atoms with E-state index in [-0.39, 0.29) is 5.91 Å². The number of rotatable bonds is 2. The zero-order chi connectivity index (χ0) is 18.3. The lowest BCUT2D eigenvalue weighted by atomic mass is 9.95. The molecule has 1 amide bonds. The van der Waals surface area contributed by atoms with Crippen LogP contribution in [0.4, 0.5) is 5.69 Å². The molecular weight excluding hydrogens is 326 g/mol. The molecule has 1 saturated heterocycles. The molecule has 3 heterocycles. The fraction of sp³-hybridized carbons (Fsp3) is 0.550. The van der Waals surface area contributed by atoms with Crippen LogP contribution in [0.5, 0.6) is 0 Å². The minimum absolute atomic E-state index is 0.0198. The van der Waals surface area contributed by atoms with Crippen molar-refractivity contribution in [2.75, 3.05) is 24.5 Å². The second-order valence-electron chi connectivity index (χ2n) is 7.59. The third-order valence-corrected chi connectivity index (χ3v) is 5.72. The van der Waals surface area contributed by atoms with E-state index in [1.165, 1.54) is 16.7 Å². The zero-order valence-electron chi connectivity index (χ0n) is 15.9. The molecule has 2 aromatic rings. The number of aromatic nitrogens is 3. The highest BCUT2D eigenvalue weighted by atomic mass is 16.2. The molecule has 138 valence electrons. The predicted octanol–water partition coefficient (Wildman–Crippen LogP) is 2.72. The Labute approximate surface area is 154 Å². The minimum atomic E-state index is -0.0198. The minimum Gasteiger partial charge on any atom is -0.317 e. The average molecular weight is 353 g/mol. The Kier molecular flexibility index (Phi) is 4.53. The van der Waals surface area contributed by atoms with Crippen LogP contribution in [-0.4, -0.2) is 40.5 Å². The fourth-order valence-corrected chi connectivity index (χ4v) is 4.35. The lowest BCUT2D eigenvalue weighted by molar-refractivity contribution is 0.0979. The lowest BCUT2D eigenvalue weighted by Gasteiger charge is -2.30. The topological polar surface area (TPSA) is 63.1 Å². The van der Waals surface area contributed by atoms with Gasteiger partial charge in [0.05, 0.1) is 11.7 Å². The maximum atomic E-state index is 13.3. The van der Waals surface area contributed by atoms with Crippen LogP contribution in [0.2, 0.25) is 0 Å². The van der Waals surface area contributed by atoms with Crippen LogP contribution in [0.3, 0.4) is 0 Å². The van der Waals surface area contributed by atoms with Crippen molar-refractivity contribution in [2.24, 2.45) is 0 Å². The smallest absolute Gasteiger partial charge is 0.280 e. The van der Waals surface area contributed by atoms with E-state index < -0.39 is 0 Å². The van der Waals surface area contributed by atoms with E-state index in [0.29, 0.717) is 11.7 Å². The molecule has 0 unspecified atom stereocenters. The summed E-state index contributed by atoms with van der Waals surface area (Å²) in [5.41, 5.74) is 6.19. The molecule has 4 rings (SSSR count). The Morgan fingerprint density at radius 1 is 1.19 bits per heavy atom. The average Bonchev–Trinajstić information content (AvgIpc) is 3.03. The summed E-state index contributed by atoms with van der Waals surface area (Å²) in [6, 6.07) is 4.67. The van der Waals surface area contributed by atoms with E-state index in [0.717, 1.165) is 56.7 Å². The first kappa shape index (κ1) is 17.2. The van der Waals surface area contributed by atoms with E-state index in [4.69, 9.17) is 0 Å². The van der Waals surface area contributed by atoms with Gasteiger partial charge in [0.25, 0.3) is 5.91 Å². The molecule has 1 fully saturated rings. The molecular formula is C20H27N5O. The number of hydrogen-bond acceptors (Lipinski definition) is 4. The van der Waals surface area contributed by atoms with Crippen molar-refractivity contribution in [2.45, 2.75) is 52.5 Å². The van der Waals surface area contributed by atoms with Gasteiger partial charge in [0.2, 0.25) is 0 Å². The number of hydrogen-bond donors (Lipinski definition) is 1. The highest BCUT2D eigenvalue weighted by Crippen LogP contribution is 2.32. The van der Waals surface area contributed by atoms with Gasteiger partial charge in [-0.05, 0) is 82.3 Å². The van der Waals surface area contributed by atoms with Crippen molar-refractivity contribution in [1.29, 1.82) is 0 Å². The summed E-state index contributed by atoms with van der Waals surface area (Å²) in [5, 5.41) is 12.0. The van der Waals surface area contributed by atoms with E-state index in [1.54, 1.807) is 0 Å². The van der Waals surface area contributed by atoms with Crippen LogP contribution in [0.15, 0.2) is 12.1 Å². The first-order valence-electron chi connectivity index (χ1n) is 9.60. The summed E-state index contributed by atoms with van der Waals surface area (Å²) in [4.78, 5) is 15.2. The first-order valence-corrected chi connectivity index (χ1v) is 9.60. The standard InChI is InChI=1S/C20H27N5O/c1-13-11-14(2)17-5-4-10-24(18(17)12-13)20(26)19-15(3)25(23-22-19)16-6-8-21-9-7-16/h11-12,16,21H,4-10H2,1-3H3. The van der Waals surface area contributed by atoms with Gasteiger partial charge in [-0.1, -0.05) is 11.3 Å². The normalized spacial score (nSPS) is 18.0. The molecule has 0 spiro atoms. The van der Waals surface area contributed by atoms with Gasteiger partial charge in [-0.3, -0.25) is 4.79 Å². The number of piperidine rings is 1. The van der Waals surface area contributed by atoms with Crippen LogP contribution in [0, 0.1) is 20.8 Å². The fourth-order valence-electron chi connectivity index (χ4n) is 4.35. The number of carbonyl (C=O) groups excluding carboxylic acids is 1. The van der Waals surface area contributed by atoms with Crippen molar-refractivity contribution in [1.82, 2.24) is 20.3 Å². The van der Waals surface area contributed by atoms with E-state index in [9.17, 15) is 4.79 Å². The summed E-state index contributed by atoms with van der Waals surface area (Å²) in [7, 11) is 0. The Morgan fingerprint density at radius 2 is 1.96 bits per heavy atom. The van der Waals surface area contributed by atoms with Gasteiger partial charge in [-0.25, -0.2) is 4.68 Å². The molecule has 1 aromatic carbocycles. The van der Waals surface area contributed by atoms with E-state index in [1.807, 2.05) is 16.5 Å². The van der Waals surface area contributed by atoms with Crippen LogP contribution < -0.4 is 10.2 Å².